The van der Waals surface area contributed by atoms with Gasteiger partial charge in [-0.05, 0) is 23.8 Å². The number of thioether (sulfide) groups is 1. The fraction of sp³-hybridized carbons (Fsp3) is 0.429. The van der Waals surface area contributed by atoms with Gasteiger partial charge in [0.05, 0.1) is 12.2 Å². The SMILES string of the molecule is CCCCSCC(=O)Nc1ccccc1CC(=O)O. The van der Waals surface area contributed by atoms with Gasteiger partial charge in [0, 0.05) is 5.69 Å². The van der Waals surface area contributed by atoms with E-state index in [4.69, 9.17) is 5.11 Å². The lowest BCUT2D eigenvalue weighted by molar-refractivity contribution is -0.136. The van der Waals surface area contributed by atoms with Crippen molar-refractivity contribution in [3.8, 4) is 0 Å². The highest BCUT2D eigenvalue weighted by Crippen LogP contribution is 2.16. The number of benzene rings is 1. The minimum atomic E-state index is -0.904. The molecule has 0 spiro atoms. The summed E-state index contributed by atoms with van der Waals surface area (Å²) in [5.41, 5.74) is 1.22. The van der Waals surface area contributed by atoms with Crippen molar-refractivity contribution in [3.63, 3.8) is 0 Å². The molecule has 0 saturated carbocycles. The van der Waals surface area contributed by atoms with Gasteiger partial charge in [-0.2, -0.15) is 11.8 Å². The molecule has 2 N–H and O–H groups in total. The summed E-state index contributed by atoms with van der Waals surface area (Å²) in [5.74, 6) is 0.389. The number of aliphatic carboxylic acids is 1. The van der Waals surface area contributed by atoms with Crippen molar-refractivity contribution in [2.45, 2.75) is 26.2 Å². The van der Waals surface area contributed by atoms with Gasteiger partial charge in [0.1, 0.15) is 0 Å². The first-order chi connectivity index (χ1) is 9.13. The van der Waals surface area contributed by atoms with Crippen LogP contribution in [0.25, 0.3) is 0 Å². The molecule has 1 aromatic rings. The molecule has 0 aromatic heterocycles. The van der Waals surface area contributed by atoms with Crippen LogP contribution in [0, 0.1) is 0 Å². The maximum atomic E-state index is 11.7. The zero-order chi connectivity index (χ0) is 14.1. The molecule has 1 rings (SSSR count). The van der Waals surface area contributed by atoms with E-state index < -0.39 is 5.97 Å². The summed E-state index contributed by atoms with van der Waals surface area (Å²) in [6, 6.07) is 7.00. The highest BCUT2D eigenvalue weighted by Gasteiger charge is 2.09. The third-order valence-electron chi connectivity index (χ3n) is 2.51. The molecule has 0 aliphatic rings. The first-order valence-electron chi connectivity index (χ1n) is 6.30. The average molecular weight is 281 g/mol. The monoisotopic (exact) mass is 281 g/mol. The van der Waals surface area contributed by atoms with Crippen molar-refractivity contribution >= 4 is 29.3 Å². The van der Waals surface area contributed by atoms with E-state index in [1.807, 2.05) is 0 Å². The summed E-state index contributed by atoms with van der Waals surface area (Å²) in [6.07, 6.45) is 2.14. The summed E-state index contributed by atoms with van der Waals surface area (Å²) >= 11 is 1.60. The number of rotatable bonds is 8. The molecule has 5 heteroatoms. The number of anilines is 1. The molecule has 0 saturated heterocycles. The molecule has 1 amide bonds. The lowest BCUT2D eigenvalue weighted by atomic mass is 10.1. The van der Waals surface area contributed by atoms with Crippen LogP contribution in [0.2, 0.25) is 0 Å². The van der Waals surface area contributed by atoms with Gasteiger partial charge in [-0.1, -0.05) is 31.5 Å². The summed E-state index contributed by atoms with van der Waals surface area (Å²) in [7, 11) is 0. The van der Waals surface area contributed by atoms with Gasteiger partial charge in [-0.3, -0.25) is 9.59 Å². The molecule has 4 nitrogen and oxygen atoms in total. The van der Waals surface area contributed by atoms with Gasteiger partial charge >= 0.3 is 5.97 Å². The highest BCUT2D eigenvalue weighted by molar-refractivity contribution is 7.99. The second-order valence-electron chi connectivity index (χ2n) is 4.18. The molecule has 0 bridgehead atoms. The second-order valence-corrected chi connectivity index (χ2v) is 5.29. The third-order valence-corrected chi connectivity index (χ3v) is 3.55. The van der Waals surface area contributed by atoms with Gasteiger partial charge in [-0.25, -0.2) is 0 Å². The first kappa shape index (κ1) is 15.6. The van der Waals surface area contributed by atoms with Crippen LogP contribution < -0.4 is 5.32 Å². The van der Waals surface area contributed by atoms with Gasteiger partial charge in [0.2, 0.25) is 5.91 Å². The van der Waals surface area contributed by atoms with E-state index in [0.29, 0.717) is 17.0 Å². The zero-order valence-corrected chi connectivity index (χ0v) is 11.8. The molecule has 0 unspecified atom stereocenters. The molecule has 0 aliphatic heterocycles. The van der Waals surface area contributed by atoms with Gasteiger partial charge < -0.3 is 10.4 Å². The quantitative estimate of drug-likeness (QED) is 0.719. The molecule has 0 fully saturated rings. The summed E-state index contributed by atoms with van der Waals surface area (Å²) in [5, 5.41) is 11.6. The largest absolute Gasteiger partial charge is 0.481 e. The Morgan fingerprint density at radius 2 is 2.05 bits per heavy atom. The van der Waals surface area contributed by atoms with Gasteiger partial charge in [0.15, 0.2) is 0 Å². The molecule has 0 heterocycles. The molecule has 0 atom stereocenters. The zero-order valence-electron chi connectivity index (χ0n) is 11.0. The fourth-order valence-corrected chi connectivity index (χ4v) is 2.45. The third kappa shape index (κ3) is 6.29. The normalized spacial score (nSPS) is 10.2. The Balaban J connectivity index is 2.51. The lowest BCUT2D eigenvalue weighted by Gasteiger charge is -2.09. The van der Waals surface area contributed by atoms with Crippen molar-refractivity contribution < 1.29 is 14.7 Å². The average Bonchev–Trinajstić information content (AvgIpc) is 2.36. The number of nitrogens with one attached hydrogen (secondary N) is 1. The number of hydrogen-bond acceptors (Lipinski definition) is 3. The number of carboxylic acids is 1. The Morgan fingerprint density at radius 3 is 2.74 bits per heavy atom. The van der Waals surface area contributed by atoms with Crippen molar-refractivity contribution in [1.82, 2.24) is 0 Å². The minimum Gasteiger partial charge on any atom is -0.481 e. The molecule has 104 valence electrons. The van der Waals surface area contributed by atoms with Crippen LogP contribution in [0.5, 0.6) is 0 Å². The standard InChI is InChI=1S/C14H19NO3S/c1-2-3-8-19-10-13(16)15-12-7-5-4-6-11(12)9-14(17)18/h4-7H,2-3,8-10H2,1H3,(H,15,16)(H,17,18). The predicted molar refractivity (Wildman–Crippen MR) is 78.6 cm³/mol. The van der Waals surface area contributed by atoms with E-state index in [-0.39, 0.29) is 12.3 Å². The summed E-state index contributed by atoms with van der Waals surface area (Å²) in [6.45, 7) is 2.11. The van der Waals surface area contributed by atoms with Crippen LogP contribution in [-0.4, -0.2) is 28.5 Å². The van der Waals surface area contributed by atoms with Crippen LogP contribution in [0.1, 0.15) is 25.3 Å². The Morgan fingerprint density at radius 1 is 1.32 bits per heavy atom. The van der Waals surface area contributed by atoms with Crippen LogP contribution in [0.15, 0.2) is 24.3 Å². The number of unbranched alkanes of at least 4 members (excludes halogenated alkanes) is 1. The Hall–Kier alpha value is -1.49. The lowest BCUT2D eigenvalue weighted by Crippen LogP contribution is -2.16. The van der Waals surface area contributed by atoms with Crippen molar-refractivity contribution in [1.29, 1.82) is 0 Å². The molecule has 1 aromatic carbocycles. The molecule has 0 radical (unpaired) electrons. The van der Waals surface area contributed by atoms with E-state index in [1.54, 1.807) is 36.0 Å². The first-order valence-corrected chi connectivity index (χ1v) is 7.46. The number of carbonyl (C=O) groups is 2. The Kier molecular flexibility index (Phi) is 7.03. The van der Waals surface area contributed by atoms with E-state index in [9.17, 15) is 9.59 Å². The maximum Gasteiger partial charge on any atom is 0.307 e. The number of para-hydroxylation sites is 1. The summed E-state index contributed by atoms with van der Waals surface area (Å²) in [4.78, 5) is 22.5. The molecule has 0 aliphatic carbocycles. The van der Waals surface area contributed by atoms with Crippen molar-refractivity contribution in [2.75, 3.05) is 16.8 Å². The molecular weight excluding hydrogens is 262 g/mol. The minimum absolute atomic E-state index is 0.0839. The topological polar surface area (TPSA) is 66.4 Å². The molecular formula is C14H19NO3S. The number of amides is 1. The van der Waals surface area contributed by atoms with Crippen LogP contribution in [-0.2, 0) is 16.0 Å². The Bertz CT molecular complexity index is 434. The smallest absolute Gasteiger partial charge is 0.307 e. The summed E-state index contributed by atoms with van der Waals surface area (Å²) < 4.78 is 0. The van der Waals surface area contributed by atoms with E-state index in [0.717, 1.165) is 18.6 Å². The van der Waals surface area contributed by atoms with Crippen LogP contribution in [0.4, 0.5) is 5.69 Å². The predicted octanol–water partition coefficient (Wildman–Crippen LogP) is 2.79. The van der Waals surface area contributed by atoms with E-state index in [1.165, 1.54) is 0 Å². The Labute approximate surface area is 117 Å². The van der Waals surface area contributed by atoms with Gasteiger partial charge in [0.25, 0.3) is 0 Å². The van der Waals surface area contributed by atoms with Gasteiger partial charge in [-0.15, -0.1) is 0 Å². The number of carboxylic acid groups (broad SMARTS) is 1. The van der Waals surface area contributed by atoms with E-state index in [2.05, 4.69) is 12.2 Å². The van der Waals surface area contributed by atoms with E-state index >= 15 is 0 Å². The van der Waals surface area contributed by atoms with Crippen molar-refractivity contribution in [2.24, 2.45) is 0 Å². The van der Waals surface area contributed by atoms with Crippen molar-refractivity contribution in [3.05, 3.63) is 29.8 Å². The van der Waals surface area contributed by atoms with Crippen LogP contribution >= 0.6 is 11.8 Å². The number of carbonyl (C=O) groups excluding carboxylic acids is 1. The van der Waals surface area contributed by atoms with Crippen LogP contribution in [0.3, 0.4) is 0 Å². The fourth-order valence-electron chi connectivity index (χ4n) is 1.56. The maximum absolute atomic E-state index is 11.7. The highest BCUT2D eigenvalue weighted by atomic mass is 32.2. The molecule has 19 heavy (non-hydrogen) atoms. The number of hydrogen-bond donors (Lipinski definition) is 2. The second kappa shape index (κ2) is 8.58.